The van der Waals surface area contributed by atoms with Crippen molar-refractivity contribution in [2.75, 3.05) is 7.05 Å². The first-order chi connectivity index (χ1) is 4.63. The molecule has 3 heteroatoms. The summed E-state index contributed by atoms with van der Waals surface area (Å²) in [7, 11) is 1.49. The number of amides is 1. The van der Waals surface area contributed by atoms with Gasteiger partial charge in [0.15, 0.2) is 5.78 Å². The van der Waals surface area contributed by atoms with Gasteiger partial charge in [-0.2, -0.15) is 0 Å². The molecule has 0 saturated carbocycles. The lowest BCUT2D eigenvalue weighted by molar-refractivity contribution is -0.121. The molecular formula is C7H11NO2. The molecule has 10 heavy (non-hydrogen) atoms. The maximum Gasteiger partial charge on any atom is 0.254 e. The van der Waals surface area contributed by atoms with E-state index in [1.165, 1.54) is 20.0 Å². The summed E-state index contributed by atoms with van der Waals surface area (Å²) in [6.07, 6.45) is 1.50. The van der Waals surface area contributed by atoms with Gasteiger partial charge in [-0.05, 0) is 13.8 Å². The Bertz CT molecular complexity index is 182. The predicted molar refractivity (Wildman–Crippen MR) is 38.5 cm³/mol. The minimum atomic E-state index is -0.324. The van der Waals surface area contributed by atoms with Crippen LogP contribution in [0.1, 0.15) is 13.8 Å². The molecule has 1 amide bonds. The number of nitrogens with one attached hydrogen (secondary N) is 1. The van der Waals surface area contributed by atoms with E-state index >= 15 is 0 Å². The summed E-state index contributed by atoms with van der Waals surface area (Å²) in [5.74, 6) is -0.531. The number of Topliss-reactive ketones (excluding diaryl/α,β-unsaturated/α-hetero) is 1. The maximum atomic E-state index is 10.8. The monoisotopic (exact) mass is 141 g/mol. The van der Waals surface area contributed by atoms with Gasteiger partial charge in [-0.15, -0.1) is 0 Å². The molecule has 0 aliphatic rings. The molecule has 0 unspecified atom stereocenters. The van der Waals surface area contributed by atoms with Crippen LogP contribution in [0.4, 0.5) is 0 Å². The highest BCUT2D eigenvalue weighted by molar-refractivity contribution is 6.18. The van der Waals surface area contributed by atoms with Crippen LogP contribution in [0.5, 0.6) is 0 Å². The Morgan fingerprint density at radius 3 is 2.00 bits per heavy atom. The third-order valence-electron chi connectivity index (χ3n) is 1.14. The lowest BCUT2D eigenvalue weighted by Gasteiger charge is -1.98. The van der Waals surface area contributed by atoms with Crippen LogP contribution in [0.25, 0.3) is 0 Å². The second-order valence-corrected chi connectivity index (χ2v) is 1.84. The van der Waals surface area contributed by atoms with E-state index in [1.54, 1.807) is 6.92 Å². The van der Waals surface area contributed by atoms with Crippen molar-refractivity contribution < 1.29 is 9.59 Å². The number of carbonyl (C=O) groups excluding carboxylic acids is 2. The van der Waals surface area contributed by atoms with Crippen molar-refractivity contribution in [1.82, 2.24) is 5.32 Å². The van der Waals surface area contributed by atoms with E-state index in [9.17, 15) is 9.59 Å². The molecule has 0 aromatic rings. The molecule has 0 heterocycles. The number of rotatable bonds is 2. The molecule has 0 fully saturated rings. The number of ketones is 1. The summed E-state index contributed by atoms with van der Waals surface area (Å²) in [5, 5.41) is 2.37. The normalized spacial score (nSPS) is 10.9. The minimum absolute atomic E-state index is 0.207. The molecule has 0 atom stereocenters. The number of likely N-dealkylation sites (N-methyl/N-ethyl adjacent to an activating group) is 1. The molecule has 0 rings (SSSR count). The first kappa shape index (κ1) is 8.88. The lowest BCUT2D eigenvalue weighted by atomic mass is 10.2. The van der Waals surface area contributed by atoms with E-state index in [0.29, 0.717) is 0 Å². The van der Waals surface area contributed by atoms with Crippen LogP contribution in [0.15, 0.2) is 11.6 Å². The van der Waals surface area contributed by atoms with Crippen molar-refractivity contribution in [2.24, 2.45) is 0 Å². The van der Waals surface area contributed by atoms with E-state index in [0.717, 1.165) is 0 Å². The fraction of sp³-hybridized carbons (Fsp3) is 0.429. The Morgan fingerprint density at radius 2 is 1.90 bits per heavy atom. The van der Waals surface area contributed by atoms with Crippen molar-refractivity contribution in [1.29, 1.82) is 0 Å². The van der Waals surface area contributed by atoms with Crippen LogP contribution in [-0.2, 0) is 9.59 Å². The van der Waals surface area contributed by atoms with Crippen LogP contribution in [0, 0.1) is 0 Å². The van der Waals surface area contributed by atoms with E-state index in [2.05, 4.69) is 5.32 Å². The smallest absolute Gasteiger partial charge is 0.254 e. The molecule has 56 valence electrons. The molecule has 0 spiro atoms. The fourth-order valence-corrected chi connectivity index (χ4v) is 0.629. The topological polar surface area (TPSA) is 46.2 Å². The molecule has 1 N–H and O–H groups in total. The van der Waals surface area contributed by atoms with Gasteiger partial charge in [-0.1, -0.05) is 6.08 Å². The Kier molecular flexibility index (Phi) is 3.39. The van der Waals surface area contributed by atoms with Gasteiger partial charge in [-0.25, -0.2) is 0 Å². The van der Waals surface area contributed by atoms with Crippen molar-refractivity contribution in [2.45, 2.75) is 13.8 Å². The number of allylic oxidation sites excluding steroid dienone is 1. The molecule has 0 saturated heterocycles. The molecule has 3 nitrogen and oxygen atoms in total. The van der Waals surface area contributed by atoms with Crippen LogP contribution < -0.4 is 5.32 Å². The Morgan fingerprint density at radius 1 is 1.40 bits per heavy atom. The van der Waals surface area contributed by atoms with Crippen molar-refractivity contribution in [3.63, 3.8) is 0 Å². The van der Waals surface area contributed by atoms with E-state index < -0.39 is 0 Å². The number of hydrogen-bond acceptors (Lipinski definition) is 2. The summed E-state index contributed by atoms with van der Waals surface area (Å²) in [4.78, 5) is 21.4. The SMILES string of the molecule is C/C=C(\C(C)=O)C(=O)NC. The Hall–Kier alpha value is -1.12. The van der Waals surface area contributed by atoms with Crippen molar-refractivity contribution in [3.8, 4) is 0 Å². The van der Waals surface area contributed by atoms with Gasteiger partial charge in [0.05, 0.1) is 5.57 Å². The van der Waals surface area contributed by atoms with Gasteiger partial charge < -0.3 is 5.32 Å². The summed E-state index contributed by atoms with van der Waals surface area (Å²) < 4.78 is 0. The van der Waals surface area contributed by atoms with Gasteiger partial charge in [0.2, 0.25) is 0 Å². The minimum Gasteiger partial charge on any atom is -0.355 e. The van der Waals surface area contributed by atoms with Crippen LogP contribution in [0.3, 0.4) is 0 Å². The van der Waals surface area contributed by atoms with Crippen LogP contribution in [0.2, 0.25) is 0 Å². The van der Waals surface area contributed by atoms with E-state index in [-0.39, 0.29) is 17.3 Å². The zero-order valence-electron chi connectivity index (χ0n) is 6.39. The zero-order valence-corrected chi connectivity index (χ0v) is 6.39. The largest absolute Gasteiger partial charge is 0.355 e. The highest BCUT2D eigenvalue weighted by Crippen LogP contribution is 1.94. The summed E-state index contributed by atoms with van der Waals surface area (Å²) in [6.45, 7) is 3.02. The number of carbonyl (C=O) groups is 2. The highest BCUT2D eigenvalue weighted by atomic mass is 16.2. The highest BCUT2D eigenvalue weighted by Gasteiger charge is 2.09. The first-order valence-electron chi connectivity index (χ1n) is 3.02. The molecule has 0 aromatic carbocycles. The fourth-order valence-electron chi connectivity index (χ4n) is 0.629. The Balaban J connectivity index is 4.39. The molecule has 0 radical (unpaired) electrons. The Labute approximate surface area is 60.1 Å². The third-order valence-corrected chi connectivity index (χ3v) is 1.14. The average Bonchev–Trinajstić information content (AvgIpc) is 1.88. The summed E-state index contributed by atoms with van der Waals surface area (Å²) in [6, 6.07) is 0. The van der Waals surface area contributed by atoms with Gasteiger partial charge in [0.25, 0.3) is 5.91 Å². The number of hydrogen-bond donors (Lipinski definition) is 1. The third kappa shape index (κ3) is 2.01. The quantitative estimate of drug-likeness (QED) is 0.341. The second kappa shape index (κ2) is 3.82. The van der Waals surface area contributed by atoms with Crippen molar-refractivity contribution in [3.05, 3.63) is 11.6 Å². The van der Waals surface area contributed by atoms with Gasteiger partial charge >= 0.3 is 0 Å². The van der Waals surface area contributed by atoms with E-state index in [4.69, 9.17) is 0 Å². The lowest BCUT2D eigenvalue weighted by Crippen LogP contribution is -2.23. The molecule has 0 bridgehead atoms. The zero-order chi connectivity index (χ0) is 8.15. The molecule has 0 aliphatic carbocycles. The summed E-state index contributed by atoms with van der Waals surface area (Å²) >= 11 is 0. The second-order valence-electron chi connectivity index (χ2n) is 1.84. The molecule has 0 aromatic heterocycles. The predicted octanol–water partition coefficient (Wildman–Crippen LogP) is 0.268. The molecular weight excluding hydrogens is 130 g/mol. The maximum absolute atomic E-state index is 10.8. The van der Waals surface area contributed by atoms with Gasteiger partial charge in [-0.3, -0.25) is 9.59 Å². The average molecular weight is 141 g/mol. The van der Waals surface area contributed by atoms with Crippen LogP contribution in [-0.4, -0.2) is 18.7 Å². The van der Waals surface area contributed by atoms with Gasteiger partial charge in [0.1, 0.15) is 0 Å². The van der Waals surface area contributed by atoms with Crippen molar-refractivity contribution >= 4 is 11.7 Å². The standard InChI is InChI=1S/C7H11NO2/c1-4-6(5(2)9)7(10)8-3/h4H,1-3H3,(H,8,10)/b6-4+. The first-order valence-corrected chi connectivity index (χ1v) is 3.02. The van der Waals surface area contributed by atoms with Gasteiger partial charge in [0, 0.05) is 7.05 Å². The molecule has 0 aliphatic heterocycles. The summed E-state index contributed by atoms with van der Waals surface area (Å²) in [5.41, 5.74) is 0.211. The van der Waals surface area contributed by atoms with E-state index in [1.807, 2.05) is 0 Å². The van der Waals surface area contributed by atoms with Crippen LogP contribution >= 0.6 is 0 Å².